The van der Waals surface area contributed by atoms with Crippen molar-refractivity contribution in [2.75, 3.05) is 6.61 Å². The molecule has 0 heterocycles. The normalized spacial score (nSPS) is 19.6. The van der Waals surface area contributed by atoms with Crippen LogP contribution >= 0.6 is 11.6 Å². The molecular weight excluding hydrogens is 367 g/mol. The highest BCUT2D eigenvalue weighted by Gasteiger charge is 2.41. The Balaban J connectivity index is 2.11. The van der Waals surface area contributed by atoms with Gasteiger partial charge < -0.3 is 4.74 Å². The van der Waals surface area contributed by atoms with Crippen LogP contribution in [0.2, 0.25) is 5.02 Å². The summed E-state index contributed by atoms with van der Waals surface area (Å²) in [5.74, 6) is -3.38. The third kappa shape index (κ3) is 3.96. The van der Waals surface area contributed by atoms with Gasteiger partial charge in [0.1, 0.15) is 11.7 Å². The fourth-order valence-electron chi connectivity index (χ4n) is 3.57. The number of carbonyl (C=O) groups is 2. The quantitative estimate of drug-likeness (QED) is 0.542. The van der Waals surface area contributed by atoms with Crippen molar-refractivity contribution in [2.45, 2.75) is 26.2 Å². The molecule has 140 valence electrons. The Hall–Kier alpha value is -2.46. The van der Waals surface area contributed by atoms with E-state index >= 15 is 0 Å². The lowest BCUT2D eigenvalue weighted by Gasteiger charge is -2.30. The van der Waals surface area contributed by atoms with Crippen LogP contribution in [-0.2, 0) is 14.3 Å². The van der Waals surface area contributed by atoms with Gasteiger partial charge in [0, 0.05) is 16.5 Å². The van der Waals surface area contributed by atoms with Gasteiger partial charge in [0.15, 0.2) is 5.78 Å². The zero-order valence-electron chi connectivity index (χ0n) is 15.2. The Kier molecular flexibility index (Phi) is 5.76. The first-order chi connectivity index (χ1) is 12.9. The van der Waals surface area contributed by atoms with Crippen molar-refractivity contribution in [3.05, 3.63) is 76.1 Å². The van der Waals surface area contributed by atoms with E-state index in [1.165, 1.54) is 18.2 Å². The molecule has 3 rings (SSSR count). The standard InChI is InChI=1S/C22H20ClFO3/c1-3-27-22(26)21-16(20-17(23)8-5-9-18(20)24)11-15(12-19(21)25)14-7-4-6-13(2)10-14/h4-10,12,16,21H,3,11H2,1-2H3. The van der Waals surface area contributed by atoms with Crippen molar-refractivity contribution in [2.24, 2.45) is 5.92 Å². The Morgan fingerprint density at radius 3 is 2.67 bits per heavy atom. The SMILES string of the molecule is CCOC(=O)C1C(=O)C=C(c2cccc(C)c2)CC1c1c(F)cccc1Cl. The second-order valence-electron chi connectivity index (χ2n) is 6.62. The first-order valence-corrected chi connectivity index (χ1v) is 9.22. The number of benzene rings is 2. The molecule has 1 aliphatic carbocycles. The van der Waals surface area contributed by atoms with Gasteiger partial charge in [-0.3, -0.25) is 9.59 Å². The lowest BCUT2D eigenvalue weighted by Crippen LogP contribution is -2.34. The number of allylic oxidation sites excluding steroid dienone is 2. The number of ketones is 1. The summed E-state index contributed by atoms with van der Waals surface area (Å²) in [6.45, 7) is 3.78. The molecule has 2 aromatic rings. The van der Waals surface area contributed by atoms with E-state index in [-0.39, 0.29) is 23.0 Å². The molecule has 2 aromatic carbocycles. The molecule has 0 radical (unpaired) electrons. The summed E-state index contributed by atoms with van der Waals surface area (Å²) in [5, 5.41) is 0.201. The number of esters is 1. The van der Waals surface area contributed by atoms with Gasteiger partial charge >= 0.3 is 5.97 Å². The number of rotatable bonds is 4. The van der Waals surface area contributed by atoms with Crippen molar-refractivity contribution in [3.8, 4) is 0 Å². The van der Waals surface area contributed by atoms with E-state index in [2.05, 4.69) is 0 Å². The van der Waals surface area contributed by atoms with E-state index in [0.29, 0.717) is 6.42 Å². The molecule has 0 aromatic heterocycles. The zero-order chi connectivity index (χ0) is 19.6. The molecule has 3 nitrogen and oxygen atoms in total. The lowest BCUT2D eigenvalue weighted by atomic mass is 9.73. The van der Waals surface area contributed by atoms with Crippen LogP contribution in [0.4, 0.5) is 4.39 Å². The van der Waals surface area contributed by atoms with Gasteiger partial charge in [-0.05, 0) is 49.6 Å². The minimum Gasteiger partial charge on any atom is -0.465 e. The lowest BCUT2D eigenvalue weighted by molar-refractivity contribution is -0.151. The third-order valence-electron chi connectivity index (χ3n) is 4.77. The minimum absolute atomic E-state index is 0.148. The fraction of sp³-hybridized carbons (Fsp3) is 0.273. The highest BCUT2D eigenvalue weighted by molar-refractivity contribution is 6.31. The van der Waals surface area contributed by atoms with Gasteiger partial charge in [-0.1, -0.05) is 47.5 Å². The van der Waals surface area contributed by atoms with Crippen molar-refractivity contribution in [3.63, 3.8) is 0 Å². The largest absolute Gasteiger partial charge is 0.465 e. The molecule has 0 saturated heterocycles. The molecule has 1 aliphatic rings. The maximum absolute atomic E-state index is 14.6. The second kappa shape index (κ2) is 8.05. The highest BCUT2D eigenvalue weighted by Crippen LogP contribution is 2.43. The molecule has 0 spiro atoms. The minimum atomic E-state index is -1.10. The fourth-order valence-corrected chi connectivity index (χ4v) is 3.87. The number of aryl methyl sites for hydroxylation is 1. The summed E-state index contributed by atoms with van der Waals surface area (Å²) >= 11 is 6.25. The molecule has 0 N–H and O–H groups in total. The van der Waals surface area contributed by atoms with E-state index < -0.39 is 23.6 Å². The summed E-state index contributed by atoms with van der Waals surface area (Å²) in [6.07, 6.45) is 1.79. The Bertz CT molecular complexity index is 899. The van der Waals surface area contributed by atoms with Crippen LogP contribution in [0.15, 0.2) is 48.5 Å². The van der Waals surface area contributed by atoms with E-state index in [4.69, 9.17) is 16.3 Å². The van der Waals surface area contributed by atoms with Gasteiger partial charge in [-0.15, -0.1) is 0 Å². The summed E-state index contributed by atoms with van der Waals surface area (Å²) < 4.78 is 19.7. The Labute approximate surface area is 162 Å². The molecule has 5 heteroatoms. The number of carbonyl (C=O) groups excluding carboxylic acids is 2. The monoisotopic (exact) mass is 386 g/mol. The van der Waals surface area contributed by atoms with Crippen molar-refractivity contribution in [1.82, 2.24) is 0 Å². The van der Waals surface area contributed by atoms with Gasteiger partial charge in [0.2, 0.25) is 0 Å². The van der Waals surface area contributed by atoms with Crippen LogP contribution in [-0.4, -0.2) is 18.4 Å². The van der Waals surface area contributed by atoms with Crippen molar-refractivity contribution in [1.29, 1.82) is 0 Å². The first kappa shape index (κ1) is 19.3. The highest BCUT2D eigenvalue weighted by atomic mass is 35.5. The second-order valence-corrected chi connectivity index (χ2v) is 7.02. The predicted octanol–water partition coefficient (Wildman–Crippen LogP) is 5.11. The van der Waals surface area contributed by atoms with E-state index in [1.807, 2.05) is 31.2 Å². The summed E-state index contributed by atoms with van der Waals surface area (Å²) in [6, 6.07) is 12.1. The van der Waals surface area contributed by atoms with Gasteiger partial charge in [-0.25, -0.2) is 4.39 Å². The maximum atomic E-state index is 14.6. The Morgan fingerprint density at radius 2 is 2.00 bits per heavy atom. The number of ether oxygens (including phenoxy) is 1. The average molecular weight is 387 g/mol. The smallest absolute Gasteiger partial charge is 0.317 e. The molecule has 0 aliphatic heterocycles. The maximum Gasteiger partial charge on any atom is 0.317 e. The van der Waals surface area contributed by atoms with Gasteiger partial charge in [0.05, 0.1) is 6.61 Å². The molecular formula is C22H20ClFO3. The first-order valence-electron chi connectivity index (χ1n) is 8.84. The van der Waals surface area contributed by atoms with Crippen LogP contribution in [0, 0.1) is 18.7 Å². The van der Waals surface area contributed by atoms with Crippen LogP contribution in [0.3, 0.4) is 0 Å². The zero-order valence-corrected chi connectivity index (χ0v) is 15.9. The molecule has 27 heavy (non-hydrogen) atoms. The van der Waals surface area contributed by atoms with Crippen LogP contribution in [0.25, 0.3) is 5.57 Å². The van der Waals surface area contributed by atoms with E-state index in [1.54, 1.807) is 13.0 Å². The third-order valence-corrected chi connectivity index (χ3v) is 5.09. The number of hydrogen-bond donors (Lipinski definition) is 0. The van der Waals surface area contributed by atoms with Crippen LogP contribution in [0.5, 0.6) is 0 Å². The van der Waals surface area contributed by atoms with Crippen LogP contribution < -0.4 is 0 Å². The van der Waals surface area contributed by atoms with Crippen LogP contribution in [0.1, 0.15) is 36.0 Å². The number of hydrogen-bond acceptors (Lipinski definition) is 3. The summed E-state index contributed by atoms with van der Waals surface area (Å²) in [5.41, 5.74) is 2.87. The van der Waals surface area contributed by atoms with Crippen molar-refractivity contribution >= 4 is 28.9 Å². The molecule has 0 saturated carbocycles. The summed E-state index contributed by atoms with van der Waals surface area (Å²) in [4.78, 5) is 25.3. The van der Waals surface area contributed by atoms with Gasteiger partial charge in [0.25, 0.3) is 0 Å². The number of halogens is 2. The molecule has 0 fully saturated rings. The predicted molar refractivity (Wildman–Crippen MR) is 103 cm³/mol. The average Bonchev–Trinajstić information content (AvgIpc) is 2.61. The van der Waals surface area contributed by atoms with Crippen molar-refractivity contribution < 1.29 is 18.7 Å². The van der Waals surface area contributed by atoms with E-state index in [9.17, 15) is 14.0 Å². The van der Waals surface area contributed by atoms with E-state index in [0.717, 1.165) is 16.7 Å². The topological polar surface area (TPSA) is 43.4 Å². The summed E-state index contributed by atoms with van der Waals surface area (Å²) in [7, 11) is 0. The molecule has 0 bridgehead atoms. The molecule has 2 unspecified atom stereocenters. The molecule has 2 atom stereocenters. The molecule has 0 amide bonds. The Morgan fingerprint density at radius 1 is 1.26 bits per heavy atom. The van der Waals surface area contributed by atoms with Gasteiger partial charge in [-0.2, -0.15) is 0 Å².